The Hall–Kier alpha value is -5.18. The van der Waals surface area contributed by atoms with E-state index in [-0.39, 0.29) is 5.75 Å². The summed E-state index contributed by atoms with van der Waals surface area (Å²) < 4.78 is 40.1. The fourth-order valence-corrected chi connectivity index (χ4v) is 3.75. The molecule has 0 aliphatic rings. The van der Waals surface area contributed by atoms with Gasteiger partial charge in [-0.2, -0.15) is 0 Å². The molecule has 0 radical (unpaired) electrons. The van der Waals surface area contributed by atoms with Crippen LogP contribution in [0.2, 0.25) is 0 Å². The molecule has 41 heavy (non-hydrogen) atoms. The number of tetrazole rings is 2. The van der Waals surface area contributed by atoms with Gasteiger partial charge in [-0.05, 0) is 89.5 Å². The lowest BCUT2D eigenvalue weighted by atomic mass is 10.3. The van der Waals surface area contributed by atoms with Crippen molar-refractivity contribution in [1.29, 1.82) is 0 Å². The fourth-order valence-electron chi connectivity index (χ4n) is 3.34. The Morgan fingerprint density at radius 3 is 1.56 bits per heavy atom. The Balaban J connectivity index is 0.000000166. The summed E-state index contributed by atoms with van der Waals surface area (Å²) in [4.78, 5) is 12.2. The molecule has 0 fully saturated rings. The van der Waals surface area contributed by atoms with E-state index in [1.165, 1.54) is 38.8 Å². The molecule has 15 heteroatoms. The molecule has 4 aromatic heterocycles. The van der Waals surface area contributed by atoms with E-state index in [0.717, 1.165) is 11.4 Å². The van der Waals surface area contributed by atoms with E-state index < -0.39 is 6.36 Å². The van der Waals surface area contributed by atoms with E-state index in [0.29, 0.717) is 23.0 Å². The highest BCUT2D eigenvalue weighted by atomic mass is 32.2. The highest BCUT2D eigenvalue weighted by Crippen LogP contribution is 2.23. The van der Waals surface area contributed by atoms with Crippen molar-refractivity contribution in [2.24, 2.45) is 0 Å². The normalized spacial score (nSPS) is 11.0. The minimum atomic E-state index is -4.72. The van der Waals surface area contributed by atoms with Crippen LogP contribution < -0.4 is 4.74 Å². The van der Waals surface area contributed by atoms with Crippen LogP contribution in [-0.2, 0) is 0 Å². The Morgan fingerprint density at radius 1 is 0.659 bits per heavy atom. The van der Waals surface area contributed by atoms with Gasteiger partial charge in [0.1, 0.15) is 17.1 Å². The summed E-state index contributed by atoms with van der Waals surface area (Å²) in [7, 11) is 0. The monoisotopic (exact) mass is 576 g/mol. The summed E-state index contributed by atoms with van der Waals surface area (Å²) in [6, 6.07) is 24.0. The van der Waals surface area contributed by atoms with Crippen LogP contribution in [0.15, 0.2) is 102 Å². The van der Waals surface area contributed by atoms with Crippen molar-refractivity contribution in [1.82, 2.24) is 50.4 Å². The third-order valence-corrected chi connectivity index (χ3v) is 5.96. The average molecular weight is 577 g/mol. The molecule has 0 N–H and O–H groups in total. The molecule has 6 aromatic rings. The van der Waals surface area contributed by atoms with Crippen LogP contribution in [0.1, 0.15) is 0 Å². The van der Waals surface area contributed by atoms with Gasteiger partial charge in [-0.3, -0.25) is 9.97 Å². The molecule has 0 unspecified atom stereocenters. The van der Waals surface area contributed by atoms with Crippen molar-refractivity contribution in [2.75, 3.05) is 6.26 Å². The highest BCUT2D eigenvalue weighted by molar-refractivity contribution is 7.98. The number of hydrogen-bond donors (Lipinski definition) is 0. The number of rotatable bonds is 6. The summed E-state index contributed by atoms with van der Waals surface area (Å²) in [6.07, 6.45) is 0.629. The molecule has 0 aliphatic carbocycles. The molecular weight excluding hydrogens is 557 g/mol. The first-order valence-electron chi connectivity index (χ1n) is 11.8. The number of benzene rings is 2. The van der Waals surface area contributed by atoms with Gasteiger partial charge in [0, 0.05) is 17.3 Å². The zero-order valence-electron chi connectivity index (χ0n) is 21.2. The van der Waals surface area contributed by atoms with Crippen molar-refractivity contribution >= 4 is 11.8 Å². The zero-order valence-corrected chi connectivity index (χ0v) is 22.0. The third kappa shape index (κ3) is 7.27. The SMILES string of the molecule is CSc1ccc(-n2nnc(-c3ccccn3)n2)cc1.FC(F)(F)Oc1ccc(-n2nnc(-c3ccccn3)n2)cc1. The van der Waals surface area contributed by atoms with Crippen LogP contribution in [0.3, 0.4) is 0 Å². The van der Waals surface area contributed by atoms with Gasteiger partial charge in [0.25, 0.3) is 0 Å². The predicted octanol–water partition coefficient (Wildman–Crippen LogP) is 5.07. The Morgan fingerprint density at radius 2 is 1.15 bits per heavy atom. The van der Waals surface area contributed by atoms with Crippen molar-refractivity contribution < 1.29 is 17.9 Å². The molecule has 2 aromatic carbocycles. The first-order chi connectivity index (χ1) is 19.9. The van der Waals surface area contributed by atoms with E-state index in [4.69, 9.17) is 0 Å². The first kappa shape index (κ1) is 27.4. The maximum absolute atomic E-state index is 12.1. The number of halogens is 3. The van der Waals surface area contributed by atoms with Crippen molar-refractivity contribution in [2.45, 2.75) is 11.3 Å². The molecule has 0 saturated heterocycles. The number of hydrogen-bond acceptors (Lipinski definition) is 10. The summed E-state index contributed by atoms with van der Waals surface area (Å²) in [5, 5.41) is 24.2. The van der Waals surface area contributed by atoms with Crippen LogP contribution in [0.4, 0.5) is 13.2 Å². The van der Waals surface area contributed by atoms with Gasteiger partial charge < -0.3 is 4.74 Å². The lowest BCUT2D eigenvalue weighted by Gasteiger charge is -2.08. The molecule has 0 bridgehead atoms. The number of ether oxygens (including phenoxy) is 1. The number of aromatic nitrogens is 10. The predicted molar refractivity (Wildman–Crippen MR) is 143 cm³/mol. The Kier molecular flexibility index (Phi) is 8.24. The summed E-state index contributed by atoms with van der Waals surface area (Å²) in [6.45, 7) is 0. The number of nitrogens with zero attached hydrogens (tertiary/aromatic N) is 10. The van der Waals surface area contributed by atoms with Crippen molar-refractivity contribution in [3.8, 4) is 40.2 Å². The highest BCUT2D eigenvalue weighted by Gasteiger charge is 2.31. The summed E-state index contributed by atoms with van der Waals surface area (Å²) in [5.74, 6) is 0.520. The lowest BCUT2D eigenvalue weighted by Crippen LogP contribution is -2.17. The molecule has 0 saturated carbocycles. The van der Waals surface area contributed by atoms with E-state index in [1.54, 1.807) is 42.4 Å². The standard InChI is InChI=1S/C13H8F3N5O.C13H11N5S/c14-13(15,16)22-10-6-4-9(5-7-10)21-19-12(18-20-21)11-3-1-2-8-17-11;1-19-11-7-5-10(6-8-11)18-16-13(15-17-18)12-4-2-3-9-14-12/h1-8H;2-9H,1H3. The molecule has 0 aliphatic heterocycles. The fraction of sp³-hybridized carbons (Fsp3) is 0.0769. The largest absolute Gasteiger partial charge is 0.573 e. The maximum atomic E-state index is 12.1. The van der Waals surface area contributed by atoms with Crippen molar-refractivity contribution in [3.05, 3.63) is 97.3 Å². The van der Waals surface area contributed by atoms with Crippen LogP contribution in [0.25, 0.3) is 34.4 Å². The second kappa shape index (κ2) is 12.3. The maximum Gasteiger partial charge on any atom is 0.573 e. The molecule has 6 rings (SSSR count). The number of alkyl halides is 3. The lowest BCUT2D eigenvalue weighted by molar-refractivity contribution is -0.274. The van der Waals surface area contributed by atoms with Gasteiger partial charge in [0.2, 0.25) is 11.6 Å². The van der Waals surface area contributed by atoms with E-state index in [2.05, 4.69) is 45.5 Å². The van der Waals surface area contributed by atoms with Crippen LogP contribution in [-0.4, -0.2) is 63.0 Å². The Labute approximate surface area is 235 Å². The molecule has 11 nitrogen and oxygen atoms in total. The van der Waals surface area contributed by atoms with E-state index >= 15 is 0 Å². The average Bonchev–Trinajstić information content (AvgIpc) is 3.69. The molecular formula is C26H19F3N10OS. The van der Waals surface area contributed by atoms with Gasteiger partial charge in [-0.1, -0.05) is 12.1 Å². The molecule has 0 amide bonds. The van der Waals surface area contributed by atoms with E-state index in [9.17, 15) is 13.2 Å². The second-order valence-electron chi connectivity index (χ2n) is 7.97. The number of pyridine rings is 2. The summed E-state index contributed by atoms with van der Waals surface area (Å²) in [5.41, 5.74) is 2.59. The zero-order chi connectivity index (χ0) is 28.7. The summed E-state index contributed by atoms with van der Waals surface area (Å²) >= 11 is 1.70. The number of thioether (sulfide) groups is 1. The molecule has 206 valence electrons. The molecule has 4 heterocycles. The molecule has 0 atom stereocenters. The van der Waals surface area contributed by atoms with Gasteiger partial charge in [-0.25, -0.2) is 0 Å². The Bertz CT molecular complexity index is 1680. The second-order valence-corrected chi connectivity index (χ2v) is 8.85. The molecule has 0 spiro atoms. The van der Waals surface area contributed by atoms with E-state index in [1.807, 2.05) is 48.7 Å². The van der Waals surface area contributed by atoms with Crippen LogP contribution >= 0.6 is 11.8 Å². The minimum absolute atomic E-state index is 0.316. The quantitative estimate of drug-likeness (QED) is 0.248. The smallest absolute Gasteiger partial charge is 0.406 e. The van der Waals surface area contributed by atoms with Crippen LogP contribution in [0.5, 0.6) is 5.75 Å². The van der Waals surface area contributed by atoms with Crippen LogP contribution in [0, 0.1) is 0 Å². The van der Waals surface area contributed by atoms with Gasteiger partial charge in [0.05, 0.1) is 11.4 Å². The minimum Gasteiger partial charge on any atom is -0.406 e. The van der Waals surface area contributed by atoms with Gasteiger partial charge >= 0.3 is 6.36 Å². The van der Waals surface area contributed by atoms with Gasteiger partial charge in [0.15, 0.2) is 0 Å². The van der Waals surface area contributed by atoms with Gasteiger partial charge in [-0.15, -0.1) is 54.9 Å². The first-order valence-corrected chi connectivity index (χ1v) is 13.0. The third-order valence-electron chi connectivity index (χ3n) is 5.22. The topological polar surface area (TPSA) is 122 Å². The van der Waals surface area contributed by atoms with Crippen molar-refractivity contribution in [3.63, 3.8) is 0 Å².